The van der Waals surface area contributed by atoms with Crippen LogP contribution in [-0.4, -0.2) is 11.0 Å². The molecule has 26 heavy (non-hydrogen) atoms. The maximum absolute atomic E-state index is 12.9. The molecule has 3 rings (SSSR count). The van der Waals surface area contributed by atoms with Gasteiger partial charge in [-0.15, -0.1) is 0 Å². The third kappa shape index (κ3) is 4.53. The predicted octanol–water partition coefficient (Wildman–Crippen LogP) is 4.86. The van der Waals surface area contributed by atoms with Gasteiger partial charge in [-0.3, -0.25) is 4.79 Å². The van der Waals surface area contributed by atoms with E-state index in [-0.39, 0.29) is 24.5 Å². The lowest BCUT2D eigenvalue weighted by Crippen LogP contribution is -2.09. The molecular formula is C20H17F2NO3. The smallest absolute Gasteiger partial charge is 0.306 e. The molecule has 0 fully saturated rings. The highest BCUT2D eigenvalue weighted by Crippen LogP contribution is 2.22. The molecule has 0 saturated heterocycles. The number of rotatable bonds is 6. The summed E-state index contributed by atoms with van der Waals surface area (Å²) in [5.74, 6) is -0.160. The first-order valence-electron chi connectivity index (χ1n) is 8.17. The maximum Gasteiger partial charge on any atom is 0.306 e. The fraction of sp³-hybridized carbons (Fsp3) is 0.200. The van der Waals surface area contributed by atoms with Crippen molar-refractivity contribution < 1.29 is 22.7 Å². The Morgan fingerprint density at radius 2 is 1.69 bits per heavy atom. The summed E-state index contributed by atoms with van der Waals surface area (Å²) in [6.45, 7) is 1.73. The SMILES string of the molecule is CC(OC(=O)CCc1ncc(-c2ccc(F)cc2)o1)c1ccc(F)cc1. The van der Waals surface area contributed by atoms with Crippen LogP contribution in [0.4, 0.5) is 8.78 Å². The number of ether oxygens (including phenoxy) is 1. The number of esters is 1. The molecule has 1 heterocycles. The van der Waals surface area contributed by atoms with Crippen LogP contribution in [0.25, 0.3) is 11.3 Å². The number of hydrogen-bond acceptors (Lipinski definition) is 4. The fourth-order valence-corrected chi connectivity index (χ4v) is 2.44. The fourth-order valence-electron chi connectivity index (χ4n) is 2.44. The number of carbonyl (C=O) groups excluding carboxylic acids is 1. The zero-order valence-corrected chi connectivity index (χ0v) is 14.1. The standard InChI is InChI=1S/C20H17F2NO3/c1-13(14-2-6-16(21)7-3-14)25-20(24)11-10-19-23-12-18(26-19)15-4-8-17(22)9-5-15/h2-9,12-13H,10-11H2,1H3. The Balaban J connectivity index is 1.53. The van der Waals surface area contributed by atoms with Crippen molar-refractivity contribution in [2.75, 3.05) is 0 Å². The van der Waals surface area contributed by atoms with Crippen LogP contribution in [0.1, 0.15) is 30.9 Å². The highest BCUT2D eigenvalue weighted by molar-refractivity contribution is 5.70. The largest absolute Gasteiger partial charge is 0.458 e. The molecule has 1 aromatic heterocycles. The van der Waals surface area contributed by atoms with E-state index in [0.717, 1.165) is 5.56 Å². The van der Waals surface area contributed by atoms with E-state index in [0.29, 0.717) is 17.2 Å². The molecule has 2 aromatic carbocycles. The third-order valence-corrected chi connectivity index (χ3v) is 3.87. The van der Waals surface area contributed by atoms with Gasteiger partial charge in [0.1, 0.15) is 17.7 Å². The van der Waals surface area contributed by atoms with Gasteiger partial charge in [-0.1, -0.05) is 12.1 Å². The lowest BCUT2D eigenvalue weighted by molar-refractivity contribution is -0.148. The third-order valence-electron chi connectivity index (χ3n) is 3.87. The number of aromatic nitrogens is 1. The van der Waals surface area contributed by atoms with E-state index in [2.05, 4.69) is 4.98 Å². The first-order valence-corrected chi connectivity index (χ1v) is 8.17. The van der Waals surface area contributed by atoms with Crippen LogP contribution in [0.3, 0.4) is 0 Å². The van der Waals surface area contributed by atoms with Gasteiger partial charge in [0.25, 0.3) is 0 Å². The van der Waals surface area contributed by atoms with Gasteiger partial charge in [-0.2, -0.15) is 0 Å². The molecule has 0 saturated carbocycles. The van der Waals surface area contributed by atoms with E-state index in [1.165, 1.54) is 30.5 Å². The second kappa shape index (κ2) is 7.91. The van der Waals surface area contributed by atoms with Crippen LogP contribution in [0.5, 0.6) is 0 Å². The van der Waals surface area contributed by atoms with Crippen molar-refractivity contribution in [2.24, 2.45) is 0 Å². The lowest BCUT2D eigenvalue weighted by Gasteiger charge is -2.13. The van der Waals surface area contributed by atoms with Crippen LogP contribution in [0, 0.1) is 11.6 Å². The molecule has 0 spiro atoms. The Hall–Kier alpha value is -3.02. The summed E-state index contributed by atoms with van der Waals surface area (Å²) >= 11 is 0. The molecule has 4 nitrogen and oxygen atoms in total. The van der Waals surface area contributed by atoms with Gasteiger partial charge in [0.15, 0.2) is 11.7 Å². The van der Waals surface area contributed by atoms with Crippen molar-refractivity contribution in [1.29, 1.82) is 0 Å². The van der Waals surface area contributed by atoms with Crippen molar-refractivity contribution >= 4 is 5.97 Å². The minimum atomic E-state index is -0.470. The molecule has 0 N–H and O–H groups in total. The van der Waals surface area contributed by atoms with Gasteiger partial charge in [-0.05, 0) is 48.9 Å². The summed E-state index contributed by atoms with van der Waals surface area (Å²) in [5, 5.41) is 0. The van der Waals surface area contributed by atoms with Gasteiger partial charge in [-0.25, -0.2) is 13.8 Å². The van der Waals surface area contributed by atoms with Crippen molar-refractivity contribution in [1.82, 2.24) is 4.98 Å². The minimum absolute atomic E-state index is 0.106. The Bertz CT molecular complexity index is 873. The Morgan fingerprint density at radius 1 is 1.08 bits per heavy atom. The molecule has 1 atom stereocenters. The zero-order chi connectivity index (χ0) is 18.5. The molecule has 1 unspecified atom stereocenters. The monoisotopic (exact) mass is 357 g/mol. The van der Waals surface area contributed by atoms with E-state index in [4.69, 9.17) is 9.15 Å². The van der Waals surface area contributed by atoms with E-state index in [9.17, 15) is 13.6 Å². The summed E-state index contributed by atoms with van der Waals surface area (Å²) < 4.78 is 36.8. The number of aryl methyl sites for hydroxylation is 1. The minimum Gasteiger partial charge on any atom is -0.458 e. The van der Waals surface area contributed by atoms with Crippen LogP contribution < -0.4 is 0 Å². The van der Waals surface area contributed by atoms with Crippen molar-refractivity contribution in [3.63, 3.8) is 0 Å². The van der Waals surface area contributed by atoms with E-state index >= 15 is 0 Å². The summed E-state index contributed by atoms with van der Waals surface area (Å²) in [5.41, 5.74) is 1.42. The quantitative estimate of drug-likeness (QED) is 0.592. The van der Waals surface area contributed by atoms with Gasteiger partial charge >= 0.3 is 5.97 Å². The van der Waals surface area contributed by atoms with Crippen LogP contribution in [0.15, 0.2) is 59.1 Å². The predicted molar refractivity (Wildman–Crippen MR) is 91.1 cm³/mol. The summed E-state index contributed by atoms with van der Waals surface area (Å²) in [6.07, 6.45) is 1.46. The van der Waals surface area contributed by atoms with Gasteiger partial charge < -0.3 is 9.15 Å². The second-order valence-corrected chi connectivity index (χ2v) is 5.81. The number of oxazole rings is 1. The highest BCUT2D eigenvalue weighted by atomic mass is 19.1. The zero-order valence-electron chi connectivity index (χ0n) is 14.1. The molecular weight excluding hydrogens is 340 g/mol. The molecule has 134 valence electrons. The van der Waals surface area contributed by atoms with E-state index in [1.807, 2.05) is 0 Å². The lowest BCUT2D eigenvalue weighted by atomic mass is 10.1. The molecule has 0 bridgehead atoms. The Kier molecular flexibility index (Phi) is 5.41. The first kappa shape index (κ1) is 17.8. The molecule has 3 aromatic rings. The number of benzene rings is 2. The number of halogens is 2. The first-order chi connectivity index (χ1) is 12.5. The number of carbonyl (C=O) groups is 1. The van der Waals surface area contributed by atoms with E-state index < -0.39 is 12.1 Å². The van der Waals surface area contributed by atoms with Crippen LogP contribution in [-0.2, 0) is 16.0 Å². The van der Waals surface area contributed by atoms with Crippen LogP contribution in [0.2, 0.25) is 0 Å². The molecule has 0 radical (unpaired) electrons. The highest BCUT2D eigenvalue weighted by Gasteiger charge is 2.14. The summed E-state index contributed by atoms with van der Waals surface area (Å²) in [6, 6.07) is 11.7. The van der Waals surface area contributed by atoms with Gasteiger partial charge in [0.05, 0.1) is 12.6 Å². The molecule has 6 heteroatoms. The molecule has 0 aliphatic rings. The molecule has 0 aliphatic heterocycles. The Morgan fingerprint density at radius 3 is 2.35 bits per heavy atom. The summed E-state index contributed by atoms with van der Waals surface area (Å²) in [7, 11) is 0. The topological polar surface area (TPSA) is 52.3 Å². The normalized spacial score (nSPS) is 12.0. The second-order valence-electron chi connectivity index (χ2n) is 5.81. The average Bonchev–Trinajstić information content (AvgIpc) is 3.10. The molecule has 0 amide bonds. The summed E-state index contributed by atoms with van der Waals surface area (Å²) in [4.78, 5) is 16.1. The number of hydrogen-bond donors (Lipinski definition) is 0. The van der Waals surface area contributed by atoms with Gasteiger partial charge in [0, 0.05) is 12.0 Å². The Labute approximate surface area is 149 Å². The van der Waals surface area contributed by atoms with Crippen molar-refractivity contribution in [3.05, 3.63) is 77.8 Å². The van der Waals surface area contributed by atoms with Crippen LogP contribution >= 0.6 is 0 Å². The molecule has 0 aliphatic carbocycles. The maximum atomic E-state index is 12.9. The average molecular weight is 357 g/mol. The van der Waals surface area contributed by atoms with Crippen molar-refractivity contribution in [3.8, 4) is 11.3 Å². The van der Waals surface area contributed by atoms with Crippen molar-refractivity contribution in [2.45, 2.75) is 25.9 Å². The van der Waals surface area contributed by atoms with Gasteiger partial charge in [0.2, 0.25) is 0 Å². The number of nitrogens with zero attached hydrogens (tertiary/aromatic N) is 1. The van der Waals surface area contributed by atoms with E-state index in [1.54, 1.807) is 31.2 Å².